The van der Waals surface area contributed by atoms with E-state index in [2.05, 4.69) is 11.9 Å². The maximum absolute atomic E-state index is 13.1. The molecule has 0 aromatic heterocycles. The zero-order chi connectivity index (χ0) is 10.8. The quantitative estimate of drug-likeness (QED) is 0.801. The standard InChI is InChI=1S/C12H17FN2/c1-15-7-5-9-8-10(13)2-3-11(9)12(15)4-6-14/h2-3,8,12H,4-7,14H2,1H3. The van der Waals surface area contributed by atoms with Gasteiger partial charge in [0.05, 0.1) is 0 Å². The highest BCUT2D eigenvalue weighted by Gasteiger charge is 2.23. The first kappa shape index (κ1) is 10.6. The number of fused-ring (bicyclic) bond motifs is 1. The van der Waals surface area contributed by atoms with Crippen molar-refractivity contribution >= 4 is 0 Å². The van der Waals surface area contributed by atoms with E-state index in [1.54, 1.807) is 12.1 Å². The van der Waals surface area contributed by atoms with Gasteiger partial charge in [-0.15, -0.1) is 0 Å². The summed E-state index contributed by atoms with van der Waals surface area (Å²) in [6, 6.07) is 5.47. The van der Waals surface area contributed by atoms with Crippen LogP contribution < -0.4 is 5.73 Å². The third-order valence-electron chi connectivity index (χ3n) is 3.17. The summed E-state index contributed by atoms with van der Waals surface area (Å²) in [4.78, 5) is 2.30. The van der Waals surface area contributed by atoms with Crippen molar-refractivity contribution < 1.29 is 4.39 Å². The summed E-state index contributed by atoms with van der Waals surface area (Å²) in [7, 11) is 2.10. The minimum Gasteiger partial charge on any atom is -0.330 e. The lowest BCUT2D eigenvalue weighted by atomic mass is 9.91. The molecule has 0 fully saturated rings. The maximum atomic E-state index is 13.1. The van der Waals surface area contributed by atoms with Crippen LogP contribution in [-0.4, -0.2) is 25.0 Å². The Labute approximate surface area is 89.9 Å². The number of rotatable bonds is 2. The number of halogens is 1. The average Bonchev–Trinajstić information content (AvgIpc) is 2.22. The summed E-state index contributed by atoms with van der Waals surface area (Å²) in [6.07, 6.45) is 1.87. The number of nitrogens with two attached hydrogens (primary N) is 1. The Morgan fingerprint density at radius 3 is 3.07 bits per heavy atom. The van der Waals surface area contributed by atoms with Crippen molar-refractivity contribution in [3.05, 3.63) is 35.1 Å². The molecule has 2 N–H and O–H groups in total. The second-order valence-electron chi connectivity index (χ2n) is 4.17. The van der Waals surface area contributed by atoms with Crippen molar-refractivity contribution in [2.24, 2.45) is 5.73 Å². The van der Waals surface area contributed by atoms with Crippen molar-refractivity contribution in [3.63, 3.8) is 0 Å². The number of hydrogen-bond acceptors (Lipinski definition) is 2. The molecule has 1 atom stereocenters. The Balaban J connectivity index is 2.34. The first-order chi connectivity index (χ1) is 7.22. The summed E-state index contributed by atoms with van der Waals surface area (Å²) in [5.41, 5.74) is 8.00. The van der Waals surface area contributed by atoms with E-state index in [1.807, 2.05) is 6.07 Å². The molecule has 0 radical (unpaired) electrons. The number of hydrogen-bond donors (Lipinski definition) is 1. The van der Waals surface area contributed by atoms with Crippen LogP contribution in [0.4, 0.5) is 4.39 Å². The van der Waals surface area contributed by atoms with Gasteiger partial charge in [-0.2, -0.15) is 0 Å². The highest BCUT2D eigenvalue weighted by Crippen LogP contribution is 2.30. The Hall–Kier alpha value is -0.930. The molecule has 0 aliphatic carbocycles. The zero-order valence-corrected chi connectivity index (χ0v) is 9.04. The van der Waals surface area contributed by atoms with Crippen LogP contribution in [0.2, 0.25) is 0 Å². The van der Waals surface area contributed by atoms with Crippen LogP contribution >= 0.6 is 0 Å². The van der Waals surface area contributed by atoms with Gasteiger partial charge < -0.3 is 5.73 Å². The lowest BCUT2D eigenvalue weighted by molar-refractivity contribution is 0.221. The van der Waals surface area contributed by atoms with E-state index in [0.717, 1.165) is 24.9 Å². The van der Waals surface area contributed by atoms with Crippen LogP contribution in [-0.2, 0) is 6.42 Å². The van der Waals surface area contributed by atoms with Crippen LogP contribution in [0.15, 0.2) is 18.2 Å². The van der Waals surface area contributed by atoms with Gasteiger partial charge in [0, 0.05) is 12.6 Å². The van der Waals surface area contributed by atoms with E-state index in [1.165, 1.54) is 5.56 Å². The van der Waals surface area contributed by atoms with E-state index in [9.17, 15) is 4.39 Å². The molecule has 2 nitrogen and oxygen atoms in total. The number of likely N-dealkylation sites (N-methyl/N-ethyl adjacent to an activating group) is 1. The Morgan fingerprint density at radius 2 is 2.33 bits per heavy atom. The first-order valence-electron chi connectivity index (χ1n) is 5.41. The molecule has 0 saturated carbocycles. The summed E-state index contributed by atoms with van der Waals surface area (Å²) in [5.74, 6) is -0.134. The molecule has 1 aromatic rings. The highest BCUT2D eigenvalue weighted by atomic mass is 19.1. The van der Waals surface area contributed by atoms with Gasteiger partial charge in [0.15, 0.2) is 0 Å². The summed E-state index contributed by atoms with van der Waals surface area (Å²) < 4.78 is 13.1. The van der Waals surface area contributed by atoms with Gasteiger partial charge in [-0.25, -0.2) is 4.39 Å². The van der Waals surface area contributed by atoms with Gasteiger partial charge in [0.2, 0.25) is 0 Å². The second kappa shape index (κ2) is 4.29. The molecular formula is C12H17FN2. The molecule has 2 rings (SSSR count). The van der Waals surface area contributed by atoms with Crippen LogP contribution in [0.5, 0.6) is 0 Å². The summed E-state index contributed by atoms with van der Waals surface area (Å²) in [5, 5.41) is 0. The average molecular weight is 208 g/mol. The fourth-order valence-electron chi connectivity index (χ4n) is 2.34. The topological polar surface area (TPSA) is 29.3 Å². The second-order valence-corrected chi connectivity index (χ2v) is 4.17. The normalized spacial score (nSPS) is 21.4. The van der Waals surface area contributed by atoms with E-state index in [-0.39, 0.29) is 5.82 Å². The molecule has 0 amide bonds. The van der Waals surface area contributed by atoms with Crippen LogP contribution in [0, 0.1) is 5.82 Å². The van der Waals surface area contributed by atoms with Gasteiger partial charge >= 0.3 is 0 Å². The van der Waals surface area contributed by atoms with Crippen molar-refractivity contribution in [2.75, 3.05) is 20.1 Å². The lowest BCUT2D eigenvalue weighted by Crippen LogP contribution is -2.33. The van der Waals surface area contributed by atoms with Gasteiger partial charge in [-0.3, -0.25) is 4.90 Å². The fraction of sp³-hybridized carbons (Fsp3) is 0.500. The molecule has 0 spiro atoms. The molecule has 1 aliphatic rings. The molecule has 1 unspecified atom stereocenters. The SMILES string of the molecule is CN1CCc2cc(F)ccc2C1CCN. The van der Waals surface area contributed by atoms with E-state index < -0.39 is 0 Å². The molecule has 1 aliphatic heterocycles. The maximum Gasteiger partial charge on any atom is 0.123 e. The lowest BCUT2D eigenvalue weighted by Gasteiger charge is -2.34. The Morgan fingerprint density at radius 1 is 1.53 bits per heavy atom. The van der Waals surface area contributed by atoms with Crippen LogP contribution in [0.3, 0.4) is 0 Å². The van der Waals surface area contributed by atoms with E-state index in [0.29, 0.717) is 12.6 Å². The summed E-state index contributed by atoms with van der Waals surface area (Å²) >= 11 is 0. The first-order valence-corrected chi connectivity index (χ1v) is 5.41. The predicted octanol–water partition coefficient (Wildman–Crippen LogP) is 1.70. The monoisotopic (exact) mass is 208 g/mol. The van der Waals surface area contributed by atoms with Crippen molar-refractivity contribution in [2.45, 2.75) is 18.9 Å². The molecule has 1 heterocycles. The van der Waals surface area contributed by atoms with Gasteiger partial charge in [0.25, 0.3) is 0 Å². The number of nitrogens with zero attached hydrogens (tertiary/aromatic N) is 1. The number of benzene rings is 1. The molecule has 1 aromatic carbocycles. The fourth-order valence-corrected chi connectivity index (χ4v) is 2.34. The van der Waals surface area contributed by atoms with E-state index >= 15 is 0 Å². The third kappa shape index (κ3) is 2.03. The molecule has 0 saturated heterocycles. The molecular weight excluding hydrogens is 191 g/mol. The molecule has 3 heteroatoms. The van der Waals surface area contributed by atoms with Crippen molar-refractivity contribution in [1.82, 2.24) is 4.90 Å². The summed E-state index contributed by atoms with van der Waals surface area (Å²) in [6.45, 7) is 1.66. The minimum atomic E-state index is -0.134. The van der Waals surface area contributed by atoms with Gasteiger partial charge in [-0.1, -0.05) is 6.07 Å². The molecule has 82 valence electrons. The van der Waals surface area contributed by atoms with Crippen molar-refractivity contribution in [1.29, 1.82) is 0 Å². The van der Waals surface area contributed by atoms with Crippen LogP contribution in [0.25, 0.3) is 0 Å². The van der Waals surface area contributed by atoms with E-state index in [4.69, 9.17) is 5.73 Å². The Kier molecular flexibility index (Phi) is 3.03. The highest BCUT2D eigenvalue weighted by molar-refractivity contribution is 5.33. The molecule has 15 heavy (non-hydrogen) atoms. The third-order valence-corrected chi connectivity index (χ3v) is 3.17. The Bertz CT molecular complexity index is 351. The predicted molar refractivity (Wildman–Crippen MR) is 59.1 cm³/mol. The zero-order valence-electron chi connectivity index (χ0n) is 9.04. The van der Waals surface area contributed by atoms with Crippen molar-refractivity contribution in [3.8, 4) is 0 Å². The smallest absolute Gasteiger partial charge is 0.123 e. The van der Waals surface area contributed by atoms with Gasteiger partial charge in [0.1, 0.15) is 5.82 Å². The molecule has 0 bridgehead atoms. The van der Waals surface area contributed by atoms with Crippen LogP contribution in [0.1, 0.15) is 23.6 Å². The largest absolute Gasteiger partial charge is 0.330 e. The minimum absolute atomic E-state index is 0.134. The van der Waals surface area contributed by atoms with Gasteiger partial charge in [-0.05, 0) is 49.7 Å².